The summed E-state index contributed by atoms with van der Waals surface area (Å²) in [5, 5.41) is 18.2. The number of nitrogens with one attached hydrogen (secondary N) is 1. The van der Waals surface area contributed by atoms with E-state index in [9.17, 15) is 5.11 Å². The van der Waals surface area contributed by atoms with E-state index >= 15 is 0 Å². The topological polar surface area (TPSA) is 59.3 Å². The Morgan fingerprint density at radius 3 is 2.79 bits per heavy atom. The van der Waals surface area contributed by atoms with E-state index in [0.29, 0.717) is 39.1 Å². The summed E-state index contributed by atoms with van der Waals surface area (Å²) in [6, 6.07) is 0. The first-order valence-corrected chi connectivity index (χ1v) is 7.57. The molecule has 2 heterocycles. The van der Waals surface area contributed by atoms with E-state index in [2.05, 4.69) is 33.3 Å². The fraction of sp³-hybridized carbons (Fsp3) is 0.769. The Hall–Kier alpha value is -0.430. The Labute approximate surface area is 122 Å². The van der Waals surface area contributed by atoms with Crippen molar-refractivity contribution in [3.8, 4) is 0 Å². The standard InChI is InChI=1S/C13H22BrN3O2/c1-3-17-11(12(14)10(2)16-17)8-15-9-13(18)4-6-19-7-5-13/h15,18H,3-9H2,1-2H3. The van der Waals surface area contributed by atoms with Gasteiger partial charge < -0.3 is 15.2 Å². The van der Waals surface area contributed by atoms with E-state index in [1.165, 1.54) is 0 Å². The summed E-state index contributed by atoms with van der Waals surface area (Å²) in [4.78, 5) is 0. The lowest BCUT2D eigenvalue weighted by Crippen LogP contribution is -2.45. The summed E-state index contributed by atoms with van der Waals surface area (Å²) in [5.74, 6) is 0. The van der Waals surface area contributed by atoms with E-state index in [-0.39, 0.29) is 0 Å². The van der Waals surface area contributed by atoms with Crippen LogP contribution in [0.1, 0.15) is 31.2 Å². The monoisotopic (exact) mass is 331 g/mol. The van der Waals surface area contributed by atoms with Crippen LogP contribution in [-0.2, 0) is 17.8 Å². The Balaban J connectivity index is 1.92. The summed E-state index contributed by atoms with van der Waals surface area (Å²) in [6.45, 7) is 7.51. The van der Waals surface area contributed by atoms with Gasteiger partial charge in [-0.15, -0.1) is 0 Å². The van der Waals surface area contributed by atoms with Crippen molar-refractivity contribution in [3.63, 3.8) is 0 Å². The van der Waals surface area contributed by atoms with Gasteiger partial charge in [-0.3, -0.25) is 4.68 Å². The molecule has 0 atom stereocenters. The molecule has 1 aromatic heterocycles. The highest BCUT2D eigenvalue weighted by molar-refractivity contribution is 9.10. The van der Waals surface area contributed by atoms with Gasteiger partial charge in [0.1, 0.15) is 0 Å². The number of hydrogen-bond acceptors (Lipinski definition) is 4. The first-order chi connectivity index (χ1) is 9.06. The highest BCUT2D eigenvalue weighted by atomic mass is 79.9. The first kappa shape index (κ1) is 15.0. The second kappa shape index (κ2) is 6.35. The van der Waals surface area contributed by atoms with Gasteiger partial charge in [0.15, 0.2) is 0 Å². The van der Waals surface area contributed by atoms with Gasteiger partial charge >= 0.3 is 0 Å². The zero-order valence-corrected chi connectivity index (χ0v) is 13.2. The quantitative estimate of drug-likeness (QED) is 0.860. The molecule has 0 unspecified atom stereocenters. The summed E-state index contributed by atoms with van der Waals surface area (Å²) in [5.41, 5.74) is 1.51. The third-order valence-electron chi connectivity index (χ3n) is 3.62. The van der Waals surface area contributed by atoms with Crippen molar-refractivity contribution in [1.29, 1.82) is 0 Å². The molecule has 0 aromatic carbocycles. The number of hydrogen-bond donors (Lipinski definition) is 2. The van der Waals surface area contributed by atoms with Gasteiger partial charge in [0.05, 0.1) is 21.5 Å². The largest absolute Gasteiger partial charge is 0.388 e. The molecule has 2 rings (SSSR count). The van der Waals surface area contributed by atoms with Crippen molar-refractivity contribution in [2.24, 2.45) is 0 Å². The smallest absolute Gasteiger partial charge is 0.0815 e. The molecule has 5 nitrogen and oxygen atoms in total. The van der Waals surface area contributed by atoms with Crippen molar-refractivity contribution in [1.82, 2.24) is 15.1 Å². The summed E-state index contributed by atoms with van der Waals surface area (Å²) >= 11 is 3.58. The Morgan fingerprint density at radius 1 is 1.47 bits per heavy atom. The normalized spacial score (nSPS) is 18.7. The van der Waals surface area contributed by atoms with Crippen LogP contribution in [0.3, 0.4) is 0 Å². The average molecular weight is 332 g/mol. The van der Waals surface area contributed by atoms with E-state index in [1.807, 2.05) is 11.6 Å². The zero-order chi connectivity index (χ0) is 13.9. The minimum Gasteiger partial charge on any atom is -0.388 e. The lowest BCUT2D eigenvalue weighted by atomic mass is 9.94. The molecular formula is C13H22BrN3O2. The molecule has 1 saturated heterocycles. The number of nitrogens with zero attached hydrogens (tertiary/aromatic N) is 2. The molecule has 0 spiro atoms. The number of halogens is 1. The maximum absolute atomic E-state index is 10.4. The van der Waals surface area contributed by atoms with E-state index in [0.717, 1.165) is 22.4 Å². The fourth-order valence-corrected chi connectivity index (χ4v) is 2.80. The van der Waals surface area contributed by atoms with E-state index in [1.54, 1.807) is 0 Å². The molecular weight excluding hydrogens is 310 g/mol. The highest BCUT2D eigenvalue weighted by Gasteiger charge is 2.29. The predicted molar refractivity (Wildman–Crippen MR) is 77.0 cm³/mol. The van der Waals surface area contributed by atoms with E-state index in [4.69, 9.17) is 4.74 Å². The van der Waals surface area contributed by atoms with Crippen LogP contribution in [0.5, 0.6) is 0 Å². The van der Waals surface area contributed by atoms with Crippen molar-refractivity contribution in [2.45, 2.75) is 45.4 Å². The van der Waals surface area contributed by atoms with Crippen LogP contribution in [0.4, 0.5) is 0 Å². The van der Waals surface area contributed by atoms with Crippen molar-refractivity contribution in [2.75, 3.05) is 19.8 Å². The van der Waals surface area contributed by atoms with Gasteiger partial charge in [0.25, 0.3) is 0 Å². The molecule has 1 aromatic rings. The molecule has 1 aliphatic rings. The average Bonchev–Trinajstić information content (AvgIpc) is 2.67. The molecule has 1 fully saturated rings. The lowest BCUT2D eigenvalue weighted by molar-refractivity contribution is -0.0617. The molecule has 1 aliphatic heterocycles. The zero-order valence-electron chi connectivity index (χ0n) is 11.6. The molecule has 2 N–H and O–H groups in total. The van der Waals surface area contributed by atoms with Crippen molar-refractivity contribution in [3.05, 3.63) is 15.9 Å². The van der Waals surface area contributed by atoms with Crippen LogP contribution in [0, 0.1) is 6.92 Å². The molecule has 108 valence electrons. The molecule has 0 radical (unpaired) electrons. The van der Waals surface area contributed by atoms with Gasteiger partial charge in [-0.1, -0.05) is 0 Å². The van der Waals surface area contributed by atoms with Crippen LogP contribution in [-0.4, -0.2) is 40.2 Å². The fourth-order valence-electron chi connectivity index (χ4n) is 2.38. The van der Waals surface area contributed by atoms with Crippen LogP contribution >= 0.6 is 15.9 Å². The van der Waals surface area contributed by atoms with Crippen LogP contribution in [0.15, 0.2) is 4.47 Å². The Bertz CT molecular complexity index is 428. The Morgan fingerprint density at radius 2 is 2.16 bits per heavy atom. The van der Waals surface area contributed by atoms with Gasteiger partial charge in [0, 0.05) is 45.7 Å². The van der Waals surface area contributed by atoms with E-state index < -0.39 is 5.60 Å². The molecule has 0 amide bonds. The first-order valence-electron chi connectivity index (χ1n) is 6.78. The molecule has 19 heavy (non-hydrogen) atoms. The van der Waals surface area contributed by atoms with Gasteiger partial charge in [0.2, 0.25) is 0 Å². The molecule has 0 aliphatic carbocycles. The van der Waals surface area contributed by atoms with Crippen molar-refractivity contribution < 1.29 is 9.84 Å². The minimum absolute atomic E-state index is 0.594. The number of ether oxygens (including phenoxy) is 1. The van der Waals surface area contributed by atoms with Gasteiger partial charge in [-0.05, 0) is 29.8 Å². The van der Waals surface area contributed by atoms with Crippen LogP contribution in [0.2, 0.25) is 0 Å². The van der Waals surface area contributed by atoms with Crippen LogP contribution in [0.25, 0.3) is 0 Å². The number of aromatic nitrogens is 2. The Kier molecular flexibility index (Phi) is 5.00. The van der Waals surface area contributed by atoms with Crippen LogP contribution < -0.4 is 5.32 Å². The summed E-state index contributed by atoms with van der Waals surface area (Å²) in [7, 11) is 0. The second-order valence-electron chi connectivity index (χ2n) is 5.10. The maximum Gasteiger partial charge on any atom is 0.0815 e. The molecule has 0 bridgehead atoms. The second-order valence-corrected chi connectivity index (χ2v) is 5.90. The van der Waals surface area contributed by atoms with Gasteiger partial charge in [-0.25, -0.2) is 0 Å². The summed E-state index contributed by atoms with van der Waals surface area (Å²) in [6.07, 6.45) is 1.40. The minimum atomic E-state index is -0.628. The number of aliphatic hydroxyl groups is 1. The number of aryl methyl sites for hydroxylation is 2. The van der Waals surface area contributed by atoms with Crippen molar-refractivity contribution >= 4 is 15.9 Å². The van der Waals surface area contributed by atoms with Gasteiger partial charge in [-0.2, -0.15) is 5.10 Å². The lowest BCUT2D eigenvalue weighted by Gasteiger charge is -2.32. The molecule has 0 saturated carbocycles. The third-order valence-corrected chi connectivity index (χ3v) is 4.65. The SMILES string of the molecule is CCn1nc(C)c(Br)c1CNCC1(O)CCOCC1. The third kappa shape index (κ3) is 3.56. The highest BCUT2D eigenvalue weighted by Crippen LogP contribution is 2.22. The number of rotatable bonds is 5. The maximum atomic E-state index is 10.4. The predicted octanol–water partition coefficient (Wildman–Crippen LogP) is 1.61. The summed E-state index contributed by atoms with van der Waals surface area (Å²) < 4.78 is 8.32. The molecule has 6 heteroatoms.